The predicted molar refractivity (Wildman–Crippen MR) is 69.8 cm³/mol. The van der Waals surface area contributed by atoms with Gasteiger partial charge in [0.05, 0.1) is 6.61 Å². The van der Waals surface area contributed by atoms with E-state index in [9.17, 15) is 15.0 Å². The van der Waals surface area contributed by atoms with E-state index in [0.29, 0.717) is 5.57 Å². The van der Waals surface area contributed by atoms with Gasteiger partial charge in [0.2, 0.25) is 6.35 Å². The van der Waals surface area contributed by atoms with Crippen LogP contribution in [0.1, 0.15) is 30.4 Å². The van der Waals surface area contributed by atoms with Crippen LogP contribution < -0.4 is 5.32 Å². The van der Waals surface area contributed by atoms with Crippen molar-refractivity contribution in [2.24, 2.45) is 0 Å². The van der Waals surface area contributed by atoms with Crippen LogP contribution >= 0.6 is 0 Å². The second kappa shape index (κ2) is 4.90. The van der Waals surface area contributed by atoms with E-state index in [4.69, 9.17) is 4.74 Å². The number of ether oxygens (including phenoxy) is 1. The van der Waals surface area contributed by atoms with E-state index in [-0.39, 0.29) is 12.5 Å². The molecule has 2 heterocycles. The minimum absolute atomic E-state index is 0.132. The lowest BCUT2D eigenvalue weighted by atomic mass is 10.0. The molecule has 3 unspecified atom stereocenters. The molecular formula is C14H16N2O4. The van der Waals surface area contributed by atoms with E-state index in [0.717, 1.165) is 11.1 Å². The number of nitrogens with zero attached hydrogens (tertiary/aromatic N) is 1. The molecule has 0 radical (unpaired) electrons. The quantitative estimate of drug-likeness (QED) is 0.726. The Morgan fingerprint density at radius 2 is 2.05 bits per heavy atom. The predicted octanol–water partition coefficient (Wildman–Crippen LogP) is 0.360. The number of carbonyl (C=O) groups excluding carboxylic acids is 1. The van der Waals surface area contributed by atoms with Crippen LogP contribution in [0.3, 0.4) is 0 Å². The number of rotatable bonds is 2. The summed E-state index contributed by atoms with van der Waals surface area (Å²) in [6, 6.07) is 7.53. The highest BCUT2D eigenvalue weighted by molar-refractivity contribution is 5.93. The number of fused-ring (bicyclic) bond motifs is 1. The average Bonchev–Trinajstić information content (AvgIpc) is 2.82. The third-order valence-corrected chi connectivity index (χ3v) is 3.58. The van der Waals surface area contributed by atoms with Crippen LogP contribution in [0.25, 0.3) is 0 Å². The lowest BCUT2D eigenvalue weighted by molar-refractivity contribution is -0.153. The summed E-state index contributed by atoms with van der Waals surface area (Å²) in [6.45, 7) is 1.53. The highest BCUT2D eigenvalue weighted by Gasteiger charge is 2.38. The molecular weight excluding hydrogens is 260 g/mol. The molecule has 20 heavy (non-hydrogen) atoms. The molecule has 1 aromatic carbocycles. The molecule has 3 rings (SSSR count). The molecule has 1 amide bonds. The van der Waals surface area contributed by atoms with Gasteiger partial charge in [-0.1, -0.05) is 24.3 Å². The van der Waals surface area contributed by atoms with Gasteiger partial charge in [0.1, 0.15) is 6.10 Å². The van der Waals surface area contributed by atoms with Crippen LogP contribution in [0, 0.1) is 0 Å². The summed E-state index contributed by atoms with van der Waals surface area (Å²) in [4.78, 5) is 13.0. The van der Waals surface area contributed by atoms with Crippen molar-refractivity contribution in [3.05, 3.63) is 47.2 Å². The van der Waals surface area contributed by atoms with Crippen LogP contribution in [0.2, 0.25) is 0 Å². The SMILES string of the molecule is CC1=CN(C2OC(CO)c3ccccc32)C(O)NC1=O. The van der Waals surface area contributed by atoms with Crippen molar-refractivity contribution >= 4 is 5.91 Å². The number of amides is 1. The molecule has 6 nitrogen and oxygen atoms in total. The topological polar surface area (TPSA) is 82.0 Å². The molecule has 0 bridgehead atoms. The van der Waals surface area contributed by atoms with E-state index in [1.165, 1.54) is 4.90 Å². The molecule has 3 N–H and O–H groups in total. The number of benzene rings is 1. The number of hydrogen-bond acceptors (Lipinski definition) is 5. The van der Waals surface area contributed by atoms with Gasteiger partial charge in [-0.3, -0.25) is 4.79 Å². The molecule has 0 fully saturated rings. The minimum atomic E-state index is -1.15. The molecule has 106 valence electrons. The normalized spacial score (nSPS) is 28.9. The maximum absolute atomic E-state index is 11.5. The molecule has 0 aliphatic carbocycles. The second-order valence-corrected chi connectivity index (χ2v) is 4.90. The Balaban J connectivity index is 1.98. The van der Waals surface area contributed by atoms with Crippen molar-refractivity contribution in [1.29, 1.82) is 0 Å². The summed E-state index contributed by atoms with van der Waals surface area (Å²) in [5.41, 5.74) is 2.27. The van der Waals surface area contributed by atoms with E-state index in [1.807, 2.05) is 24.3 Å². The molecule has 0 saturated carbocycles. The van der Waals surface area contributed by atoms with Crippen LogP contribution in [-0.4, -0.2) is 34.0 Å². The van der Waals surface area contributed by atoms with E-state index in [1.54, 1.807) is 13.1 Å². The average molecular weight is 276 g/mol. The first-order chi connectivity index (χ1) is 9.61. The third-order valence-electron chi connectivity index (χ3n) is 3.58. The Kier molecular flexibility index (Phi) is 3.21. The molecule has 2 aliphatic heterocycles. The summed E-state index contributed by atoms with van der Waals surface area (Å²) in [6.07, 6.45) is -0.532. The largest absolute Gasteiger partial charge is 0.393 e. The Morgan fingerprint density at radius 3 is 2.75 bits per heavy atom. The fourth-order valence-electron chi connectivity index (χ4n) is 2.56. The Labute approximate surface area is 116 Å². The van der Waals surface area contributed by atoms with Crippen LogP contribution in [-0.2, 0) is 9.53 Å². The van der Waals surface area contributed by atoms with Gasteiger partial charge in [-0.05, 0) is 12.5 Å². The number of carbonyl (C=O) groups is 1. The van der Waals surface area contributed by atoms with Crippen molar-refractivity contribution < 1.29 is 19.7 Å². The van der Waals surface area contributed by atoms with Crippen LogP contribution in [0.15, 0.2) is 36.0 Å². The Hall–Kier alpha value is -1.89. The monoisotopic (exact) mass is 276 g/mol. The van der Waals surface area contributed by atoms with Gasteiger partial charge in [0, 0.05) is 17.3 Å². The second-order valence-electron chi connectivity index (χ2n) is 4.90. The number of hydrogen-bond donors (Lipinski definition) is 3. The van der Waals surface area contributed by atoms with Crippen molar-refractivity contribution in [3.8, 4) is 0 Å². The summed E-state index contributed by atoms with van der Waals surface area (Å²) in [7, 11) is 0. The van der Waals surface area contributed by atoms with E-state index < -0.39 is 18.7 Å². The van der Waals surface area contributed by atoms with Gasteiger partial charge >= 0.3 is 0 Å². The molecule has 1 aromatic rings. The summed E-state index contributed by atoms with van der Waals surface area (Å²) >= 11 is 0. The first kappa shape index (κ1) is 13.1. The fraction of sp³-hybridized carbons (Fsp3) is 0.357. The molecule has 0 spiro atoms. The first-order valence-electron chi connectivity index (χ1n) is 6.41. The van der Waals surface area contributed by atoms with Gasteiger partial charge in [0.15, 0.2) is 6.23 Å². The highest BCUT2D eigenvalue weighted by Crippen LogP contribution is 2.41. The smallest absolute Gasteiger partial charge is 0.251 e. The van der Waals surface area contributed by atoms with Crippen molar-refractivity contribution in [1.82, 2.24) is 10.2 Å². The maximum Gasteiger partial charge on any atom is 0.251 e. The van der Waals surface area contributed by atoms with Crippen molar-refractivity contribution in [3.63, 3.8) is 0 Å². The van der Waals surface area contributed by atoms with Gasteiger partial charge in [-0.15, -0.1) is 0 Å². The first-order valence-corrected chi connectivity index (χ1v) is 6.41. The Morgan fingerprint density at radius 1 is 1.35 bits per heavy atom. The molecule has 0 aromatic heterocycles. The van der Waals surface area contributed by atoms with Gasteiger partial charge in [-0.25, -0.2) is 0 Å². The van der Waals surface area contributed by atoms with Gasteiger partial charge < -0.3 is 25.2 Å². The van der Waals surface area contributed by atoms with Crippen molar-refractivity contribution in [2.75, 3.05) is 6.61 Å². The zero-order valence-electron chi connectivity index (χ0n) is 11.0. The maximum atomic E-state index is 11.5. The van der Waals surface area contributed by atoms with Crippen LogP contribution in [0.5, 0.6) is 0 Å². The Bertz CT molecular complexity index is 572. The van der Waals surface area contributed by atoms with Crippen LogP contribution in [0.4, 0.5) is 0 Å². The molecule has 2 aliphatic rings. The fourth-order valence-corrected chi connectivity index (χ4v) is 2.56. The lowest BCUT2D eigenvalue weighted by Gasteiger charge is -2.35. The lowest BCUT2D eigenvalue weighted by Crippen LogP contribution is -2.51. The summed E-state index contributed by atoms with van der Waals surface area (Å²) in [5.74, 6) is -0.307. The number of nitrogens with one attached hydrogen (secondary N) is 1. The molecule has 6 heteroatoms. The number of aliphatic hydroxyl groups excluding tert-OH is 2. The molecule has 3 atom stereocenters. The van der Waals surface area contributed by atoms with Gasteiger partial charge in [-0.2, -0.15) is 0 Å². The third kappa shape index (κ3) is 1.98. The minimum Gasteiger partial charge on any atom is -0.393 e. The molecule has 0 saturated heterocycles. The van der Waals surface area contributed by atoms with Gasteiger partial charge in [0.25, 0.3) is 5.91 Å². The zero-order valence-corrected chi connectivity index (χ0v) is 11.0. The zero-order chi connectivity index (χ0) is 14.3. The van der Waals surface area contributed by atoms with E-state index in [2.05, 4.69) is 5.32 Å². The number of aliphatic hydroxyl groups is 2. The van der Waals surface area contributed by atoms with Crippen molar-refractivity contribution in [2.45, 2.75) is 25.6 Å². The standard InChI is InChI=1S/C14H16N2O4/c1-8-6-16(14(19)15-12(8)18)13-10-5-3-2-4-9(10)11(7-17)20-13/h2-6,11,13-14,17,19H,7H2,1H3,(H,15,18). The van der Waals surface area contributed by atoms with E-state index >= 15 is 0 Å². The highest BCUT2D eigenvalue weighted by atomic mass is 16.5. The summed E-state index contributed by atoms with van der Waals surface area (Å²) in [5, 5.41) is 21.9. The summed E-state index contributed by atoms with van der Waals surface area (Å²) < 4.78 is 5.79.